The maximum Gasteiger partial charge on any atom is 0.410 e. The molecule has 0 unspecified atom stereocenters. The Morgan fingerprint density at radius 3 is 2.65 bits per heavy atom. The van der Waals surface area contributed by atoms with E-state index in [4.69, 9.17) is 10.5 Å². The number of nitrogens with zero attached hydrogens (tertiary/aromatic N) is 1. The van der Waals surface area contributed by atoms with Gasteiger partial charge in [0.1, 0.15) is 11.4 Å². The lowest BCUT2D eigenvalue weighted by molar-refractivity contribution is 0.0241. The number of benzene rings is 1. The highest BCUT2D eigenvalue weighted by molar-refractivity contribution is 5.69. The van der Waals surface area contributed by atoms with Gasteiger partial charge in [-0.2, -0.15) is 0 Å². The van der Waals surface area contributed by atoms with Gasteiger partial charge in [0.15, 0.2) is 0 Å². The van der Waals surface area contributed by atoms with Crippen LogP contribution in [0.4, 0.5) is 9.18 Å². The number of hydrogen-bond acceptors (Lipinski definition) is 3. The Balaban J connectivity index is 2.24. The average Bonchev–Trinajstić information content (AvgIpc) is 2.71. The number of fused-ring (bicyclic) bond motifs is 1. The molecule has 4 nitrogen and oxygen atoms in total. The van der Waals surface area contributed by atoms with Crippen molar-refractivity contribution in [2.75, 3.05) is 0 Å². The fourth-order valence-corrected chi connectivity index (χ4v) is 2.45. The van der Waals surface area contributed by atoms with E-state index in [0.29, 0.717) is 18.7 Å². The molecule has 0 aromatic heterocycles. The molecule has 0 radical (unpaired) electrons. The first-order valence-electron chi connectivity index (χ1n) is 6.70. The van der Waals surface area contributed by atoms with Crippen LogP contribution in [0.1, 0.15) is 43.0 Å². The summed E-state index contributed by atoms with van der Waals surface area (Å²) in [5.74, 6) is -0.296. The molecule has 1 aromatic rings. The highest BCUT2D eigenvalue weighted by Gasteiger charge is 2.30. The second-order valence-electron chi connectivity index (χ2n) is 6.14. The van der Waals surface area contributed by atoms with E-state index in [2.05, 4.69) is 0 Å². The van der Waals surface area contributed by atoms with Crippen LogP contribution in [-0.4, -0.2) is 16.6 Å². The molecule has 1 aliphatic rings. The highest BCUT2D eigenvalue weighted by Crippen LogP contribution is 2.30. The topological polar surface area (TPSA) is 55.6 Å². The molecule has 1 aliphatic heterocycles. The van der Waals surface area contributed by atoms with Crippen LogP contribution in [0, 0.1) is 12.7 Å². The van der Waals surface area contributed by atoms with Gasteiger partial charge >= 0.3 is 6.09 Å². The molecular weight excluding hydrogens is 259 g/mol. The van der Waals surface area contributed by atoms with Crippen LogP contribution < -0.4 is 5.73 Å². The van der Waals surface area contributed by atoms with Crippen LogP contribution >= 0.6 is 0 Å². The van der Waals surface area contributed by atoms with Crippen molar-refractivity contribution in [3.8, 4) is 0 Å². The van der Waals surface area contributed by atoms with Gasteiger partial charge < -0.3 is 10.5 Å². The molecule has 0 fully saturated rings. The summed E-state index contributed by atoms with van der Waals surface area (Å²) >= 11 is 0. The molecular formula is C15H21FN2O2. The molecule has 0 spiro atoms. The lowest BCUT2D eigenvalue weighted by Gasteiger charge is -2.24. The van der Waals surface area contributed by atoms with Gasteiger partial charge in [-0.25, -0.2) is 9.18 Å². The Hall–Kier alpha value is -1.62. The molecule has 0 bridgehead atoms. The summed E-state index contributed by atoms with van der Waals surface area (Å²) < 4.78 is 19.2. The SMILES string of the molecule is Cc1c(CN)c(F)cc2c1CN(C(=O)OC(C)(C)C)C2. The number of halogens is 1. The molecule has 1 aromatic carbocycles. The van der Waals surface area contributed by atoms with E-state index < -0.39 is 5.60 Å². The fraction of sp³-hybridized carbons (Fsp3) is 0.533. The van der Waals surface area contributed by atoms with Gasteiger partial charge in [0.25, 0.3) is 0 Å². The lowest BCUT2D eigenvalue weighted by atomic mass is 9.98. The van der Waals surface area contributed by atoms with Gasteiger partial charge in [0.2, 0.25) is 0 Å². The summed E-state index contributed by atoms with van der Waals surface area (Å²) in [6, 6.07) is 1.48. The predicted molar refractivity (Wildman–Crippen MR) is 74.5 cm³/mol. The van der Waals surface area contributed by atoms with Gasteiger partial charge in [0, 0.05) is 25.2 Å². The van der Waals surface area contributed by atoms with Crippen molar-refractivity contribution in [1.82, 2.24) is 4.90 Å². The van der Waals surface area contributed by atoms with Crippen molar-refractivity contribution in [3.63, 3.8) is 0 Å². The first-order chi connectivity index (χ1) is 9.23. The standard InChI is InChI=1S/C15H21FN2O2/c1-9-11(6-17)13(16)5-10-7-18(8-12(9)10)14(19)20-15(2,3)4/h5H,6-8,17H2,1-4H3. The minimum atomic E-state index is -0.533. The van der Waals surface area contributed by atoms with Crippen LogP contribution in [-0.2, 0) is 24.4 Å². The number of carbonyl (C=O) groups is 1. The number of amides is 1. The normalized spacial score (nSPS) is 14.4. The number of ether oxygens (including phenoxy) is 1. The Labute approximate surface area is 118 Å². The van der Waals surface area contributed by atoms with Crippen LogP contribution in [0.3, 0.4) is 0 Å². The highest BCUT2D eigenvalue weighted by atomic mass is 19.1. The molecule has 1 heterocycles. The summed E-state index contributed by atoms with van der Waals surface area (Å²) in [5, 5.41) is 0. The summed E-state index contributed by atoms with van der Waals surface area (Å²) in [6.45, 7) is 8.32. The Morgan fingerprint density at radius 2 is 2.10 bits per heavy atom. The number of hydrogen-bond donors (Lipinski definition) is 1. The van der Waals surface area contributed by atoms with Crippen molar-refractivity contribution in [2.45, 2.75) is 52.9 Å². The van der Waals surface area contributed by atoms with E-state index in [-0.39, 0.29) is 18.5 Å². The molecule has 0 saturated carbocycles. The van der Waals surface area contributed by atoms with Gasteiger partial charge in [-0.1, -0.05) is 0 Å². The van der Waals surface area contributed by atoms with Crippen LogP contribution in [0.25, 0.3) is 0 Å². The van der Waals surface area contributed by atoms with E-state index in [9.17, 15) is 9.18 Å². The van der Waals surface area contributed by atoms with Crippen molar-refractivity contribution in [1.29, 1.82) is 0 Å². The third-order valence-corrected chi connectivity index (χ3v) is 3.45. The molecule has 1 amide bonds. The quantitative estimate of drug-likeness (QED) is 0.860. The maximum atomic E-state index is 13.9. The minimum Gasteiger partial charge on any atom is -0.444 e. The van der Waals surface area contributed by atoms with Crippen LogP contribution in [0.5, 0.6) is 0 Å². The van der Waals surface area contributed by atoms with Crippen LogP contribution in [0.2, 0.25) is 0 Å². The van der Waals surface area contributed by atoms with Gasteiger partial charge in [-0.3, -0.25) is 4.90 Å². The Kier molecular flexibility index (Phi) is 3.73. The van der Waals surface area contributed by atoms with E-state index >= 15 is 0 Å². The van der Waals surface area contributed by atoms with E-state index in [0.717, 1.165) is 16.7 Å². The number of carbonyl (C=O) groups excluding carboxylic acids is 1. The molecule has 2 N–H and O–H groups in total. The summed E-state index contributed by atoms with van der Waals surface area (Å²) in [4.78, 5) is 13.7. The average molecular weight is 280 g/mol. The zero-order valence-corrected chi connectivity index (χ0v) is 12.4. The third kappa shape index (κ3) is 2.77. The van der Waals surface area contributed by atoms with E-state index in [1.54, 1.807) is 4.90 Å². The van der Waals surface area contributed by atoms with Crippen LogP contribution in [0.15, 0.2) is 6.07 Å². The van der Waals surface area contributed by atoms with Crippen molar-refractivity contribution < 1.29 is 13.9 Å². The van der Waals surface area contributed by atoms with E-state index in [1.807, 2.05) is 27.7 Å². The third-order valence-electron chi connectivity index (χ3n) is 3.45. The Bertz CT molecular complexity index is 550. The second kappa shape index (κ2) is 5.05. The smallest absolute Gasteiger partial charge is 0.410 e. The monoisotopic (exact) mass is 280 g/mol. The van der Waals surface area contributed by atoms with Gasteiger partial charge in [0.05, 0.1) is 0 Å². The Morgan fingerprint density at radius 1 is 1.45 bits per heavy atom. The summed E-state index contributed by atoms with van der Waals surface area (Å²) in [5.41, 5.74) is 8.23. The first kappa shape index (κ1) is 14.8. The van der Waals surface area contributed by atoms with Crippen molar-refractivity contribution in [3.05, 3.63) is 34.1 Å². The first-order valence-corrected chi connectivity index (χ1v) is 6.70. The molecule has 5 heteroatoms. The maximum absolute atomic E-state index is 13.9. The van der Waals surface area contributed by atoms with E-state index in [1.165, 1.54) is 6.07 Å². The number of rotatable bonds is 1. The molecule has 0 saturated heterocycles. The molecule has 110 valence electrons. The zero-order valence-electron chi connectivity index (χ0n) is 12.4. The second-order valence-corrected chi connectivity index (χ2v) is 6.14. The molecule has 2 rings (SSSR count). The lowest BCUT2D eigenvalue weighted by Crippen LogP contribution is -2.33. The molecule has 20 heavy (non-hydrogen) atoms. The van der Waals surface area contributed by atoms with Gasteiger partial charge in [-0.05, 0) is 50.5 Å². The van der Waals surface area contributed by atoms with Crippen molar-refractivity contribution >= 4 is 6.09 Å². The van der Waals surface area contributed by atoms with Gasteiger partial charge in [-0.15, -0.1) is 0 Å². The number of nitrogens with two attached hydrogens (primary N) is 1. The summed E-state index contributed by atoms with van der Waals surface area (Å²) in [6.07, 6.45) is -0.372. The molecule has 0 atom stereocenters. The fourth-order valence-electron chi connectivity index (χ4n) is 2.45. The zero-order chi connectivity index (χ0) is 15.1. The minimum absolute atomic E-state index is 0.164. The van der Waals surface area contributed by atoms with Crippen molar-refractivity contribution in [2.24, 2.45) is 5.73 Å². The molecule has 0 aliphatic carbocycles. The summed E-state index contributed by atoms with van der Waals surface area (Å²) in [7, 11) is 0. The largest absolute Gasteiger partial charge is 0.444 e. The predicted octanol–water partition coefficient (Wildman–Crippen LogP) is 2.84.